The number of aromatic nitrogens is 2. The van der Waals surface area contributed by atoms with Crippen molar-refractivity contribution >= 4 is 29.1 Å². The molecule has 0 spiro atoms. The van der Waals surface area contributed by atoms with E-state index in [-0.39, 0.29) is 11.9 Å². The van der Waals surface area contributed by atoms with Crippen LogP contribution in [-0.2, 0) is 29.5 Å². The third-order valence-corrected chi connectivity index (χ3v) is 5.64. The highest BCUT2D eigenvalue weighted by Gasteiger charge is 2.27. The molecule has 0 unspecified atom stereocenters. The zero-order valence-electron chi connectivity index (χ0n) is 19.8. The van der Waals surface area contributed by atoms with Crippen molar-refractivity contribution in [3.8, 4) is 0 Å². The maximum atomic E-state index is 13.6. The molecule has 1 amide bonds. The summed E-state index contributed by atoms with van der Waals surface area (Å²) in [6.45, 7) is 7.98. The number of nitrogens with one attached hydrogen (secondary N) is 1. The molecule has 0 radical (unpaired) electrons. The molecule has 7 nitrogen and oxygen atoms in total. The van der Waals surface area contributed by atoms with Gasteiger partial charge in [0.1, 0.15) is 11.4 Å². The SMILES string of the molecule is Cc1cc(C(=O)N2Cc3cnn(C)c3Nc3ccccc32)ccc1CCC(=O)OC(C)(C)C. The molecule has 1 aliphatic rings. The van der Waals surface area contributed by atoms with Crippen LogP contribution in [0.5, 0.6) is 0 Å². The Balaban J connectivity index is 1.56. The second kappa shape index (κ2) is 8.73. The lowest BCUT2D eigenvalue weighted by Crippen LogP contribution is -2.30. The van der Waals surface area contributed by atoms with Crippen molar-refractivity contribution in [1.82, 2.24) is 9.78 Å². The Labute approximate surface area is 194 Å². The molecule has 3 aromatic rings. The van der Waals surface area contributed by atoms with Crippen LogP contribution in [0.15, 0.2) is 48.7 Å². The number of amides is 1. The summed E-state index contributed by atoms with van der Waals surface area (Å²) in [5.74, 6) is 0.581. The Kier molecular flexibility index (Phi) is 5.97. The lowest BCUT2D eigenvalue weighted by atomic mass is 10.00. The van der Waals surface area contributed by atoms with Crippen LogP contribution in [0.1, 0.15) is 54.2 Å². The molecule has 0 fully saturated rings. The summed E-state index contributed by atoms with van der Waals surface area (Å²) in [7, 11) is 1.88. The van der Waals surface area contributed by atoms with E-state index in [2.05, 4.69) is 10.4 Å². The third-order valence-electron chi connectivity index (χ3n) is 5.64. The van der Waals surface area contributed by atoms with E-state index in [1.54, 1.807) is 15.8 Å². The topological polar surface area (TPSA) is 76.5 Å². The average molecular weight is 447 g/mol. The highest BCUT2D eigenvalue weighted by atomic mass is 16.6. The minimum atomic E-state index is -0.491. The number of hydrogen-bond donors (Lipinski definition) is 1. The monoisotopic (exact) mass is 446 g/mol. The summed E-state index contributed by atoms with van der Waals surface area (Å²) in [5, 5.41) is 7.75. The Morgan fingerprint density at radius 3 is 2.64 bits per heavy atom. The minimum Gasteiger partial charge on any atom is -0.460 e. The Bertz CT molecular complexity index is 1210. The minimum absolute atomic E-state index is 0.0808. The fourth-order valence-electron chi connectivity index (χ4n) is 4.03. The highest BCUT2D eigenvalue weighted by Crippen LogP contribution is 2.36. The fraction of sp³-hybridized carbons (Fsp3) is 0.346. The second-order valence-electron chi connectivity index (χ2n) is 9.40. The Morgan fingerprint density at radius 1 is 1.15 bits per heavy atom. The Hall–Kier alpha value is -3.61. The van der Waals surface area contributed by atoms with Crippen molar-refractivity contribution in [2.45, 2.75) is 52.7 Å². The number of benzene rings is 2. The predicted octanol–water partition coefficient (Wildman–Crippen LogP) is 4.91. The van der Waals surface area contributed by atoms with Gasteiger partial charge in [0.05, 0.1) is 24.1 Å². The number of aryl methyl sites for hydroxylation is 3. The maximum absolute atomic E-state index is 13.6. The summed E-state index contributed by atoms with van der Waals surface area (Å²) in [6.07, 6.45) is 2.67. The molecule has 1 aromatic heterocycles. The summed E-state index contributed by atoms with van der Waals surface area (Å²) in [4.78, 5) is 27.5. The largest absolute Gasteiger partial charge is 0.460 e. The number of para-hydroxylation sites is 2. The van der Waals surface area contributed by atoms with Gasteiger partial charge < -0.3 is 15.0 Å². The second-order valence-corrected chi connectivity index (χ2v) is 9.40. The third kappa shape index (κ3) is 4.92. The first-order valence-electron chi connectivity index (χ1n) is 11.1. The normalized spacial score (nSPS) is 12.9. The molecule has 2 aromatic carbocycles. The molecule has 33 heavy (non-hydrogen) atoms. The summed E-state index contributed by atoms with van der Waals surface area (Å²) in [6, 6.07) is 13.5. The number of fused-ring (bicyclic) bond motifs is 2. The summed E-state index contributed by atoms with van der Waals surface area (Å²) < 4.78 is 7.19. The molecule has 1 aliphatic heterocycles. The van der Waals surface area contributed by atoms with E-state index < -0.39 is 5.60 Å². The lowest BCUT2D eigenvalue weighted by Gasteiger charge is -2.23. The molecule has 0 atom stereocenters. The number of esters is 1. The number of carbonyl (C=O) groups is 2. The van der Waals surface area contributed by atoms with E-state index in [0.717, 1.165) is 33.9 Å². The molecular formula is C26H30N4O3. The molecule has 0 saturated heterocycles. The number of ether oxygens (including phenoxy) is 1. The van der Waals surface area contributed by atoms with E-state index in [0.29, 0.717) is 24.9 Å². The molecule has 0 bridgehead atoms. The van der Waals surface area contributed by atoms with Crippen LogP contribution in [0, 0.1) is 6.92 Å². The standard InChI is InChI=1S/C26H30N4O3/c1-17-14-19(11-10-18(17)12-13-23(31)33-26(2,3)4)25(32)30-16-20-15-27-29(5)24(20)28-21-8-6-7-9-22(21)30/h6-11,14-15,28H,12-13,16H2,1-5H3. The van der Waals surface area contributed by atoms with Gasteiger partial charge in [-0.05, 0) is 69.5 Å². The van der Waals surface area contributed by atoms with Crippen LogP contribution < -0.4 is 10.2 Å². The average Bonchev–Trinajstić information content (AvgIpc) is 2.99. The Morgan fingerprint density at radius 2 is 1.91 bits per heavy atom. The van der Waals surface area contributed by atoms with Crippen molar-refractivity contribution in [1.29, 1.82) is 0 Å². The van der Waals surface area contributed by atoms with Crippen LogP contribution >= 0.6 is 0 Å². The van der Waals surface area contributed by atoms with Gasteiger partial charge in [0.25, 0.3) is 5.91 Å². The zero-order valence-corrected chi connectivity index (χ0v) is 19.8. The molecular weight excluding hydrogens is 416 g/mol. The smallest absolute Gasteiger partial charge is 0.306 e. The van der Waals surface area contributed by atoms with Crippen LogP contribution in [-0.4, -0.2) is 27.3 Å². The molecule has 0 saturated carbocycles. The van der Waals surface area contributed by atoms with Gasteiger partial charge in [-0.15, -0.1) is 0 Å². The van der Waals surface area contributed by atoms with Crippen molar-refractivity contribution in [3.05, 3.63) is 70.9 Å². The number of nitrogens with zero attached hydrogens (tertiary/aromatic N) is 3. The van der Waals surface area contributed by atoms with E-state index in [1.807, 2.05) is 77.2 Å². The summed E-state index contributed by atoms with van der Waals surface area (Å²) in [5.41, 5.74) is 4.76. The number of hydrogen-bond acceptors (Lipinski definition) is 5. The molecule has 4 rings (SSSR count). The predicted molar refractivity (Wildman–Crippen MR) is 129 cm³/mol. The van der Waals surface area contributed by atoms with E-state index >= 15 is 0 Å². The van der Waals surface area contributed by atoms with E-state index in [9.17, 15) is 9.59 Å². The quantitative estimate of drug-likeness (QED) is 0.577. The molecule has 7 heteroatoms. The fourth-order valence-corrected chi connectivity index (χ4v) is 4.03. The number of rotatable bonds is 4. The summed E-state index contributed by atoms with van der Waals surface area (Å²) >= 11 is 0. The molecule has 2 heterocycles. The molecule has 1 N–H and O–H groups in total. The molecule has 0 aliphatic carbocycles. The van der Waals surface area contributed by atoms with Crippen molar-refractivity contribution < 1.29 is 14.3 Å². The highest BCUT2D eigenvalue weighted by molar-refractivity contribution is 6.08. The van der Waals surface area contributed by atoms with Gasteiger partial charge in [0.15, 0.2) is 0 Å². The van der Waals surface area contributed by atoms with Gasteiger partial charge in [-0.3, -0.25) is 14.3 Å². The van der Waals surface area contributed by atoms with Gasteiger partial charge in [0, 0.05) is 24.6 Å². The van der Waals surface area contributed by atoms with E-state index in [1.165, 1.54) is 0 Å². The van der Waals surface area contributed by atoms with Crippen LogP contribution in [0.25, 0.3) is 0 Å². The van der Waals surface area contributed by atoms with Crippen molar-refractivity contribution in [2.75, 3.05) is 10.2 Å². The maximum Gasteiger partial charge on any atom is 0.306 e. The number of anilines is 3. The van der Waals surface area contributed by atoms with Gasteiger partial charge in [0.2, 0.25) is 0 Å². The molecule has 172 valence electrons. The van der Waals surface area contributed by atoms with Crippen molar-refractivity contribution in [3.63, 3.8) is 0 Å². The van der Waals surface area contributed by atoms with Gasteiger partial charge >= 0.3 is 5.97 Å². The first-order valence-corrected chi connectivity index (χ1v) is 11.1. The lowest BCUT2D eigenvalue weighted by molar-refractivity contribution is -0.154. The van der Waals surface area contributed by atoms with Gasteiger partial charge in [-0.1, -0.05) is 18.2 Å². The van der Waals surface area contributed by atoms with Gasteiger partial charge in [-0.2, -0.15) is 5.10 Å². The zero-order chi connectivity index (χ0) is 23.8. The van der Waals surface area contributed by atoms with Gasteiger partial charge in [-0.25, -0.2) is 0 Å². The van der Waals surface area contributed by atoms with Crippen LogP contribution in [0.2, 0.25) is 0 Å². The number of carbonyl (C=O) groups excluding carboxylic acids is 2. The van der Waals surface area contributed by atoms with E-state index in [4.69, 9.17) is 4.74 Å². The van der Waals surface area contributed by atoms with Crippen LogP contribution in [0.4, 0.5) is 17.2 Å². The first kappa shape index (κ1) is 22.6. The van der Waals surface area contributed by atoms with Crippen LogP contribution in [0.3, 0.4) is 0 Å². The van der Waals surface area contributed by atoms with Crippen molar-refractivity contribution in [2.24, 2.45) is 7.05 Å². The first-order chi connectivity index (χ1) is 15.6.